The Balaban J connectivity index is 1.76. The van der Waals surface area contributed by atoms with Crippen LogP contribution in [0.2, 0.25) is 0 Å². The average Bonchev–Trinajstić information content (AvgIpc) is 3.16. The summed E-state index contributed by atoms with van der Waals surface area (Å²) in [6, 6.07) is 3.43. The molecule has 0 atom stereocenters. The maximum Gasteiger partial charge on any atom is 0.242 e. The summed E-state index contributed by atoms with van der Waals surface area (Å²) in [5.41, 5.74) is 3.61. The SMILES string of the molecule is CCOc1nn2c(=N)n(CC(=O)c3cc(OCCO)c(OC)c(C(C)(C)C)c3)nc2c2c1CCCC2. The van der Waals surface area contributed by atoms with E-state index in [1.807, 2.05) is 27.7 Å². The molecular formula is C26H35N5O5. The number of hydrogen-bond acceptors (Lipinski definition) is 8. The Kier molecular flexibility index (Phi) is 7.35. The van der Waals surface area contributed by atoms with E-state index in [0.29, 0.717) is 35.2 Å². The van der Waals surface area contributed by atoms with Crippen molar-refractivity contribution in [2.75, 3.05) is 26.9 Å². The van der Waals surface area contributed by atoms with Gasteiger partial charge in [0.2, 0.25) is 11.5 Å². The number of hydrogen-bond donors (Lipinski definition) is 2. The predicted octanol–water partition coefficient (Wildman–Crippen LogP) is 2.85. The number of ether oxygens (including phenoxy) is 3. The van der Waals surface area contributed by atoms with Crippen LogP contribution < -0.4 is 19.8 Å². The van der Waals surface area contributed by atoms with Gasteiger partial charge in [-0.05, 0) is 50.2 Å². The molecule has 194 valence electrons. The van der Waals surface area contributed by atoms with Crippen LogP contribution >= 0.6 is 0 Å². The van der Waals surface area contributed by atoms with E-state index in [-0.39, 0.29) is 36.6 Å². The summed E-state index contributed by atoms with van der Waals surface area (Å²) in [6.45, 7) is 8.27. The van der Waals surface area contributed by atoms with Crippen LogP contribution in [0.1, 0.15) is 67.6 Å². The minimum atomic E-state index is -0.325. The van der Waals surface area contributed by atoms with Gasteiger partial charge in [0, 0.05) is 22.3 Å². The zero-order valence-corrected chi connectivity index (χ0v) is 21.7. The number of benzene rings is 1. The monoisotopic (exact) mass is 497 g/mol. The van der Waals surface area contributed by atoms with Crippen LogP contribution in [0.15, 0.2) is 12.1 Å². The maximum absolute atomic E-state index is 13.5. The van der Waals surface area contributed by atoms with E-state index in [1.165, 1.54) is 9.20 Å². The van der Waals surface area contributed by atoms with Gasteiger partial charge in [-0.2, -0.15) is 4.52 Å². The van der Waals surface area contributed by atoms with E-state index in [4.69, 9.17) is 19.6 Å². The zero-order valence-electron chi connectivity index (χ0n) is 21.7. The lowest BCUT2D eigenvalue weighted by atomic mass is 9.84. The Morgan fingerprint density at radius 2 is 1.86 bits per heavy atom. The number of nitrogens with zero attached hydrogens (tertiary/aromatic N) is 4. The second-order valence-electron chi connectivity index (χ2n) is 9.92. The average molecular weight is 498 g/mol. The van der Waals surface area contributed by atoms with Crippen molar-refractivity contribution in [2.24, 2.45) is 0 Å². The smallest absolute Gasteiger partial charge is 0.242 e. The van der Waals surface area contributed by atoms with Crippen LogP contribution in [-0.4, -0.2) is 57.2 Å². The fourth-order valence-electron chi connectivity index (χ4n) is 4.62. The molecule has 0 bridgehead atoms. The van der Waals surface area contributed by atoms with Crippen LogP contribution in [0.4, 0.5) is 0 Å². The lowest BCUT2D eigenvalue weighted by Gasteiger charge is -2.25. The molecule has 0 saturated carbocycles. The minimum absolute atomic E-state index is 0.00832. The molecule has 1 aliphatic carbocycles. The molecule has 36 heavy (non-hydrogen) atoms. The summed E-state index contributed by atoms with van der Waals surface area (Å²) in [7, 11) is 1.56. The van der Waals surface area contributed by atoms with Crippen molar-refractivity contribution in [1.82, 2.24) is 19.4 Å². The molecule has 0 unspecified atom stereocenters. The quantitative estimate of drug-likeness (QED) is 0.436. The number of rotatable bonds is 9. The van der Waals surface area contributed by atoms with Gasteiger partial charge in [-0.3, -0.25) is 10.2 Å². The van der Waals surface area contributed by atoms with E-state index >= 15 is 0 Å². The highest BCUT2D eigenvalue weighted by Crippen LogP contribution is 2.40. The molecule has 0 spiro atoms. The van der Waals surface area contributed by atoms with Gasteiger partial charge >= 0.3 is 0 Å². The molecule has 1 aromatic carbocycles. The van der Waals surface area contributed by atoms with Crippen molar-refractivity contribution >= 4 is 11.4 Å². The predicted molar refractivity (Wildman–Crippen MR) is 133 cm³/mol. The molecular weight excluding hydrogens is 462 g/mol. The van der Waals surface area contributed by atoms with Gasteiger partial charge in [0.05, 0.1) is 20.3 Å². The van der Waals surface area contributed by atoms with E-state index in [2.05, 4.69) is 10.2 Å². The Labute approximate surface area is 210 Å². The second kappa shape index (κ2) is 10.3. The number of aryl methyl sites for hydroxylation is 1. The van der Waals surface area contributed by atoms with E-state index < -0.39 is 0 Å². The van der Waals surface area contributed by atoms with Crippen molar-refractivity contribution in [3.8, 4) is 17.4 Å². The first kappa shape index (κ1) is 25.7. The molecule has 10 heteroatoms. The third-order valence-electron chi connectivity index (χ3n) is 6.36. The fraction of sp³-hybridized carbons (Fsp3) is 0.538. The van der Waals surface area contributed by atoms with Crippen molar-refractivity contribution < 1.29 is 24.1 Å². The van der Waals surface area contributed by atoms with Crippen LogP contribution in [-0.2, 0) is 24.8 Å². The standard InChI is InChI=1S/C26H35N5O5/c1-6-35-24-18-10-8-7-9-17(18)23-28-30(25(27)31(23)29-24)15-20(33)16-13-19(26(2,3)4)22(34-5)21(14-16)36-12-11-32/h13-14,27,32H,6-12,15H2,1-5H3. The van der Waals surface area contributed by atoms with Crippen molar-refractivity contribution in [3.63, 3.8) is 0 Å². The van der Waals surface area contributed by atoms with E-state index in [1.54, 1.807) is 19.2 Å². The number of aliphatic hydroxyl groups is 1. The van der Waals surface area contributed by atoms with Gasteiger partial charge in [-0.1, -0.05) is 20.8 Å². The zero-order chi connectivity index (χ0) is 26.0. The number of Topliss-reactive ketones (excluding diaryl/α,β-unsaturated/α-hetero) is 1. The van der Waals surface area contributed by atoms with Gasteiger partial charge in [0.25, 0.3) is 0 Å². The van der Waals surface area contributed by atoms with Gasteiger partial charge in [0.1, 0.15) is 13.2 Å². The third kappa shape index (κ3) is 4.82. The summed E-state index contributed by atoms with van der Waals surface area (Å²) < 4.78 is 19.9. The number of methoxy groups -OCH3 is 1. The number of fused-ring (bicyclic) bond motifs is 3. The molecule has 4 rings (SSSR count). The number of nitrogens with one attached hydrogen (secondary N) is 1. The third-order valence-corrected chi connectivity index (χ3v) is 6.36. The summed E-state index contributed by atoms with van der Waals surface area (Å²) in [5, 5.41) is 27.1. The Hall–Kier alpha value is -3.40. The van der Waals surface area contributed by atoms with Crippen LogP contribution in [0.5, 0.6) is 17.4 Å². The lowest BCUT2D eigenvalue weighted by Crippen LogP contribution is -2.27. The molecule has 1 aliphatic rings. The molecule has 0 aliphatic heterocycles. The lowest BCUT2D eigenvalue weighted by molar-refractivity contribution is 0.0964. The molecule has 10 nitrogen and oxygen atoms in total. The molecule has 0 amide bonds. The molecule has 0 radical (unpaired) electrons. The summed E-state index contributed by atoms with van der Waals surface area (Å²) in [6.07, 6.45) is 3.80. The molecule has 2 heterocycles. The maximum atomic E-state index is 13.5. The molecule has 3 aromatic rings. The fourth-order valence-corrected chi connectivity index (χ4v) is 4.62. The topological polar surface area (TPSA) is 124 Å². The van der Waals surface area contributed by atoms with Gasteiger partial charge in [-0.15, -0.1) is 10.2 Å². The molecule has 0 fully saturated rings. The summed E-state index contributed by atoms with van der Waals surface area (Å²) in [5.74, 6) is 1.25. The van der Waals surface area contributed by atoms with Crippen molar-refractivity contribution in [2.45, 2.75) is 65.3 Å². The Morgan fingerprint density at radius 3 is 2.50 bits per heavy atom. The van der Waals surface area contributed by atoms with Gasteiger partial charge in [0.15, 0.2) is 22.9 Å². The number of aromatic nitrogens is 4. The first-order valence-corrected chi connectivity index (χ1v) is 12.4. The highest BCUT2D eigenvalue weighted by molar-refractivity contribution is 5.97. The first-order chi connectivity index (χ1) is 17.2. The molecule has 2 aromatic heterocycles. The van der Waals surface area contributed by atoms with E-state index in [0.717, 1.165) is 42.4 Å². The second-order valence-corrected chi connectivity index (χ2v) is 9.92. The first-order valence-electron chi connectivity index (χ1n) is 12.4. The van der Waals surface area contributed by atoms with Gasteiger partial charge in [-0.25, -0.2) is 4.68 Å². The highest BCUT2D eigenvalue weighted by Gasteiger charge is 2.26. The highest BCUT2D eigenvalue weighted by atomic mass is 16.5. The van der Waals surface area contributed by atoms with Gasteiger partial charge < -0.3 is 19.3 Å². The largest absolute Gasteiger partial charge is 0.493 e. The van der Waals surface area contributed by atoms with E-state index in [9.17, 15) is 9.90 Å². The molecule has 0 saturated heterocycles. The number of carbonyl (C=O) groups is 1. The van der Waals surface area contributed by atoms with Crippen molar-refractivity contribution in [1.29, 1.82) is 5.41 Å². The molecule has 2 N–H and O–H groups in total. The van der Waals surface area contributed by atoms with Crippen molar-refractivity contribution in [3.05, 3.63) is 40.0 Å². The Bertz CT molecular complexity index is 1340. The summed E-state index contributed by atoms with van der Waals surface area (Å²) >= 11 is 0. The van der Waals surface area contributed by atoms with Crippen LogP contribution in [0.3, 0.4) is 0 Å². The number of aliphatic hydroxyl groups excluding tert-OH is 1. The minimum Gasteiger partial charge on any atom is -0.493 e. The normalized spacial score (nSPS) is 13.5. The number of carbonyl (C=O) groups excluding carboxylic acids is 1. The summed E-state index contributed by atoms with van der Waals surface area (Å²) in [4.78, 5) is 13.5. The number of ketones is 1. The van der Waals surface area contributed by atoms with Crippen LogP contribution in [0, 0.1) is 5.41 Å². The van der Waals surface area contributed by atoms with Crippen LogP contribution in [0.25, 0.3) is 5.65 Å². The Morgan fingerprint density at radius 1 is 1.14 bits per heavy atom.